The van der Waals surface area contributed by atoms with Crippen molar-refractivity contribution < 1.29 is 13.9 Å². The molecule has 1 aliphatic heterocycles. The molecular formula is C26H35N5O3S2. The molecule has 3 aromatic rings. The van der Waals surface area contributed by atoms with E-state index >= 15 is 0 Å². The molecule has 3 heterocycles. The van der Waals surface area contributed by atoms with Crippen LogP contribution < -0.4 is 10.6 Å². The van der Waals surface area contributed by atoms with Crippen LogP contribution >= 0.6 is 21.9 Å². The zero-order valence-corrected chi connectivity index (χ0v) is 22.9. The summed E-state index contributed by atoms with van der Waals surface area (Å²) in [6.07, 6.45) is 4.99. The maximum absolute atomic E-state index is 12.6. The molecule has 194 valence electrons. The number of aryl methyl sites for hydroxylation is 1. The maximum Gasteiger partial charge on any atom is 0.263 e. The van der Waals surface area contributed by atoms with Crippen LogP contribution in [0.3, 0.4) is 0 Å². The Bertz CT molecular complexity index is 1210. The second-order valence-electron chi connectivity index (χ2n) is 10.4. The van der Waals surface area contributed by atoms with Gasteiger partial charge in [0, 0.05) is 41.8 Å². The third-order valence-electron chi connectivity index (χ3n) is 6.36. The first kappa shape index (κ1) is 26.5. The van der Waals surface area contributed by atoms with Crippen LogP contribution in [0, 0.1) is 12.8 Å². The largest absolute Gasteiger partial charge is 0.354 e. The fourth-order valence-electron chi connectivity index (χ4n) is 4.04. The van der Waals surface area contributed by atoms with Gasteiger partial charge in [0.05, 0.1) is 16.9 Å². The number of nitrogens with zero attached hydrogens (tertiary/aromatic N) is 3. The number of nitrogens with one attached hydrogen (secondary N) is 2. The van der Waals surface area contributed by atoms with Crippen LogP contribution in [-0.4, -0.2) is 48.0 Å². The topological polar surface area (TPSA) is 120 Å². The number of amides is 1. The summed E-state index contributed by atoms with van der Waals surface area (Å²) in [5.74, 6) is 1.81. The third-order valence-corrected chi connectivity index (χ3v) is 9.56. The minimum atomic E-state index is -2.36. The number of anilines is 1. The van der Waals surface area contributed by atoms with Gasteiger partial charge in [0.1, 0.15) is 4.88 Å². The van der Waals surface area contributed by atoms with Gasteiger partial charge in [-0.05, 0) is 48.9 Å². The van der Waals surface area contributed by atoms with Gasteiger partial charge in [0.15, 0.2) is 0 Å². The molecular weight excluding hydrogens is 494 g/mol. The van der Waals surface area contributed by atoms with Crippen molar-refractivity contribution in [2.45, 2.75) is 52.5 Å². The maximum atomic E-state index is 12.6. The van der Waals surface area contributed by atoms with E-state index in [1.165, 1.54) is 11.3 Å². The Labute approximate surface area is 218 Å². The number of thiazole rings is 1. The molecule has 2 aromatic heterocycles. The Balaban J connectivity index is 1.35. The number of carbonyl (C=O) groups excluding carboxylic acids is 1. The van der Waals surface area contributed by atoms with Gasteiger partial charge in [-0.3, -0.25) is 13.9 Å². The van der Waals surface area contributed by atoms with Crippen molar-refractivity contribution in [3.8, 4) is 11.3 Å². The van der Waals surface area contributed by atoms with E-state index in [-0.39, 0.29) is 11.3 Å². The van der Waals surface area contributed by atoms with E-state index in [2.05, 4.69) is 52.4 Å². The Morgan fingerprint density at radius 2 is 1.92 bits per heavy atom. The first-order chi connectivity index (χ1) is 17.0. The number of benzene rings is 1. The number of hydrogen-bond donors (Lipinski definition) is 4. The average molecular weight is 530 g/mol. The third kappa shape index (κ3) is 6.82. The second kappa shape index (κ2) is 10.8. The molecule has 0 aliphatic carbocycles. The van der Waals surface area contributed by atoms with Crippen molar-refractivity contribution in [1.29, 1.82) is 0 Å². The Morgan fingerprint density at radius 1 is 1.17 bits per heavy atom. The van der Waals surface area contributed by atoms with Gasteiger partial charge in [-0.2, -0.15) is 10.6 Å². The molecule has 8 nitrogen and oxygen atoms in total. The summed E-state index contributed by atoms with van der Waals surface area (Å²) in [6, 6.07) is 7.99. The number of hydrogen-bond acceptors (Lipinski definition) is 8. The van der Waals surface area contributed by atoms with Gasteiger partial charge in [-0.1, -0.05) is 32.9 Å². The summed E-state index contributed by atoms with van der Waals surface area (Å²) in [4.78, 5) is 26.7. The Hall–Kier alpha value is -2.53. The minimum absolute atomic E-state index is 0.0738. The Morgan fingerprint density at radius 3 is 2.58 bits per heavy atom. The standard InChI is InChI=1S/C26H35N5O3S2/c1-17-13-19(5-6-20(17)15-28-23(32)22-16-29-24(35-22)26(2,3)4)21-7-10-27-25(31-21)30-14-18-8-11-36(33,34)12-9-18/h5-7,10,13,16,18,33-34H,8-9,11-12,14-15H2,1-4H3,(H,28,32)(H,27,30,31). The van der Waals surface area contributed by atoms with E-state index in [0.717, 1.165) is 40.2 Å². The van der Waals surface area contributed by atoms with Crippen LogP contribution in [0.1, 0.15) is 59.4 Å². The second-order valence-corrected chi connectivity index (χ2v) is 13.9. The summed E-state index contributed by atoms with van der Waals surface area (Å²) >= 11 is 1.44. The molecule has 0 atom stereocenters. The van der Waals surface area contributed by atoms with Crippen molar-refractivity contribution in [2.75, 3.05) is 23.4 Å². The molecule has 1 aromatic carbocycles. The van der Waals surface area contributed by atoms with E-state index in [9.17, 15) is 13.9 Å². The van der Waals surface area contributed by atoms with Crippen LogP contribution in [0.4, 0.5) is 5.95 Å². The highest BCUT2D eigenvalue weighted by molar-refractivity contribution is 8.24. The van der Waals surface area contributed by atoms with Crippen molar-refractivity contribution in [1.82, 2.24) is 20.3 Å². The van der Waals surface area contributed by atoms with Crippen molar-refractivity contribution in [3.05, 3.63) is 57.7 Å². The predicted octanol–water partition coefficient (Wildman–Crippen LogP) is 5.71. The molecule has 36 heavy (non-hydrogen) atoms. The smallest absolute Gasteiger partial charge is 0.263 e. The SMILES string of the molecule is Cc1cc(-c2ccnc(NCC3CCS(O)(O)CC3)n2)ccc1CNC(=O)c1cnc(C(C)(C)C)s1. The average Bonchev–Trinajstić information content (AvgIpc) is 3.34. The van der Waals surface area contributed by atoms with Crippen LogP contribution in [0.5, 0.6) is 0 Å². The lowest BCUT2D eigenvalue weighted by molar-refractivity contribution is 0.0954. The monoisotopic (exact) mass is 529 g/mol. The van der Waals surface area contributed by atoms with Gasteiger partial charge in [-0.15, -0.1) is 11.3 Å². The summed E-state index contributed by atoms with van der Waals surface area (Å²) in [5.41, 5.74) is 3.85. The van der Waals surface area contributed by atoms with Crippen LogP contribution in [0.2, 0.25) is 0 Å². The molecule has 1 saturated heterocycles. The lowest BCUT2D eigenvalue weighted by Gasteiger charge is -2.39. The highest BCUT2D eigenvalue weighted by Gasteiger charge is 2.24. The summed E-state index contributed by atoms with van der Waals surface area (Å²) in [5, 5.41) is 7.27. The summed E-state index contributed by atoms with van der Waals surface area (Å²) in [7, 11) is -2.36. The van der Waals surface area contributed by atoms with E-state index in [1.807, 2.05) is 25.1 Å². The molecule has 4 rings (SSSR count). The van der Waals surface area contributed by atoms with Crippen LogP contribution in [0.15, 0.2) is 36.7 Å². The van der Waals surface area contributed by atoms with Crippen molar-refractivity contribution in [3.63, 3.8) is 0 Å². The molecule has 10 heteroatoms. The van der Waals surface area contributed by atoms with Crippen molar-refractivity contribution >= 4 is 33.8 Å². The van der Waals surface area contributed by atoms with E-state index in [4.69, 9.17) is 0 Å². The normalized spacial score (nSPS) is 16.9. The zero-order valence-electron chi connectivity index (χ0n) is 21.2. The summed E-state index contributed by atoms with van der Waals surface area (Å²) in [6.45, 7) is 9.45. The minimum Gasteiger partial charge on any atom is -0.354 e. The highest BCUT2D eigenvalue weighted by Crippen LogP contribution is 2.45. The molecule has 4 N–H and O–H groups in total. The predicted molar refractivity (Wildman–Crippen MR) is 148 cm³/mol. The van der Waals surface area contributed by atoms with Crippen LogP contribution in [-0.2, 0) is 12.0 Å². The number of carbonyl (C=O) groups is 1. The number of aromatic nitrogens is 3. The first-order valence-corrected chi connectivity index (χ1v) is 14.9. The molecule has 0 radical (unpaired) electrons. The molecule has 1 fully saturated rings. The lowest BCUT2D eigenvalue weighted by Crippen LogP contribution is -2.26. The molecule has 1 amide bonds. The first-order valence-electron chi connectivity index (χ1n) is 12.1. The fourth-order valence-corrected chi connectivity index (χ4v) is 6.56. The van der Waals surface area contributed by atoms with E-state index in [0.29, 0.717) is 41.3 Å². The molecule has 0 saturated carbocycles. The number of rotatable bonds is 7. The van der Waals surface area contributed by atoms with Gasteiger partial charge in [0.2, 0.25) is 5.95 Å². The quantitative estimate of drug-likeness (QED) is 0.309. The molecule has 0 unspecified atom stereocenters. The zero-order chi connectivity index (χ0) is 25.9. The van der Waals surface area contributed by atoms with E-state index in [1.54, 1.807) is 12.4 Å². The lowest BCUT2D eigenvalue weighted by atomic mass is 9.98. The molecule has 0 bridgehead atoms. The molecule has 1 aliphatic rings. The Kier molecular flexibility index (Phi) is 7.99. The van der Waals surface area contributed by atoms with Crippen molar-refractivity contribution in [2.24, 2.45) is 5.92 Å². The molecule has 0 spiro atoms. The fraction of sp³-hybridized carbons (Fsp3) is 0.462. The highest BCUT2D eigenvalue weighted by atomic mass is 32.3. The van der Waals surface area contributed by atoms with E-state index < -0.39 is 10.6 Å². The van der Waals surface area contributed by atoms with Gasteiger partial charge < -0.3 is 10.6 Å². The summed E-state index contributed by atoms with van der Waals surface area (Å²) < 4.78 is 19.6. The van der Waals surface area contributed by atoms with Gasteiger partial charge in [-0.25, -0.2) is 15.0 Å². The van der Waals surface area contributed by atoms with Gasteiger partial charge in [0.25, 0.3) is 5.91 Å². The van der Waals surface area contributed by atoms with Gasteiger partial charge >= 0.3 is 0 Å². The van der Waals surface area contributed by atoms with Crippen LogP contribution in [0.25, 0.3) is 11.3 Å².